The maximum absolute atomic E-state index is 11.8. The van der Waals surface area contributed by atoms with Crippen LogP contribution in [0.4, 0.5) is 16.4 Å². The predicted molar refractivity (Wildman–Crippen MR) is 72.9 cm³/mol. The van der Waals surface area contributed by atoms with E-state index in [0.29, 0.717) is 30.4 Å². The van der Waals surface area contributed by atoms with Gasteiger partial charge in [0.15, 0.2) is 0 Å². The van der Waals surface area contributed by atoms with Crippen molar-refractivity contribution in [2.75, 3.05) is 29.1 Å². The number of rotatable bonds is 3. The highest BCUT2D eigenvalue weighted by Crippen LogP contribution is 2.32. The number of thioether (sulfide) groups is 1. The molecule has 3 rings (SSSR count). The summed E-state index contributed by atoms with van der Waals surface area (Å²) in [5, 5.41) is 11.6. The number of amides is 2. The molecule has 1 aromatic heterocycles. The molecule has 0 aliphatic carbocycles. The zero-order chi connectivity index (χ0) is 14.1. The van der Waals surface area contributed by atoms with E-state index in [9.17, 15) is 9.59 Å². The standard InChI is InChI=1S/C12H13N3O4S/c16-4-3-7-5-15(12(18)19-7)9-2-1-8-11(13-9)14-10(17)6-20-8/h1-2,7,16H,3-6H2,(H,13,14,17)/t7-/m0/s1. The minimum atomic E-state index is -0.481. The first-order valence-corrected chi connectivity index (χ1v) is 7.18. The van der Waals surface area contributed by atoms with Crippen LogP contribution in [0.5, 0.6) is 0 Å². The number of fused-ring (bicyclic) bond motifs is 1. The van der Waals surface area contributed by atoms with Crippen molar-refractivity contribution in [3.8, 4) is 0 Å². The Morgan fingerprint density at radius 3 is 3.15 bits per heavy atom. The number of carbonyl (C=O) groups is 2. The van der Waals surface area contributed by atoms with Crippen molar-refractivity contribution in [3.63, 3.8) is 0 Å². The first-order chi connectivity index (χ1) is 9.67. The molecule has 0 bridgehead atoms. The summed E-state index contributed by atoms with van der Waals surface area (Å²) in [7, 11) is 0. The molecule has 2 aliphatic heterocycles. The first kappa shape index (κ1) is 13.2. The molecule has 3 heterocycles. The fraction of sp³-hybridized carbons (Fsp3) is 0.417. The van der Waals surface area contributed by atoms with Gasteiger partial charge in [-0.05, 0) is 12.1 Å². The summed E-state index contributed by atoms with van der Waals surface area (Å²) in [5.74, 6) is 1.19. The molecule has 2 amide bonds. The van der Waals surface area contributed by atoms with Crippen molar-refractivity contribution >= 4 is 35.4 Å². The lowest BCUT2D eigenvalue weighted by Crippen LogP contribution is -2.27. The van der Waals surface area contributed by atoms with Gasteiger partial charge in [-0.25, -0.2) is 9.78 Å². The third-order valence-corrected chi connectivity index (χ3v) is 4.11. The third kappa shape index (κ3) is 2.44. The van der Waals surface area contributed by atoms with Crippen LogP contribution in [0.25, 0.3) is 0 Å². The van der Waals surface area contributed by atoms with Gasteiger partial charge in [0.2, 0.25) is 5.91 Å². The highest BCUT2D eigenvalue weighted by molar-refractivity contribution is 8.00. The van der Waals surface area contributed by atoms with Crippen LogP contribution in [0, 0.1) is 0 Å². The van der Waals surface area contributed by atoms with E-state index >= 15 is 0 Å². The molecule has 0 unspecified atom stereocenters. The number of aliphatic hydroxyl groups is 1. The smallest absolute Gasteiger partial charge is 0.415 e. The maximum Gasteiger partial charge on any atom is 0.415 e. The van der Waals surface area contributed by atoms with Crippen LogP contribution in [0.15, 0.2) is 17.0 Å². The van der Waals surface area contributed by atoms with E-state index in [0.717, 1.165) is 4.90 Å². The number of nitrogens with zero attached hydrogens (tertiary/aromatic N) is 2. The number of carbonyl (C=O) groups excluding carboxylic acids is 2. The molecule has 2 N–H and O–H groups in total. The second kappa shape index (κ2) is 5.29. The minimum absolute atomic E-state index is 0.0316. The molecular weight excluding hydrogens is 282 g/mol. The second-order valence-electron chi connectivity index (χ2n) is 4.48. The van der Waals surface area contributed by atoms with Crippen LogP contribution in [0.2, 0.25) is 0 Å². The largest absolute Gasteiger partial charge is 0.444 e. The molecule has 0 spiro atoms. The van der Waals surface area contributed by atoms with Gasteiger partial charge in [-0.1, -0.05) is 0 Å². The van der Waals surface area contributed by atoms with E-state index in [1.54, 1.807) is 6.07 Å². The summed E-state index contributed by atoms with van der Waals surface area (Å²) in [5.41, 5.74) is 0. The lowest BCUT2D eigenvalue weighted by Gasteiger charge is -2.18. The number of hydrogen-bond donors (Lipinski definition) is 2. The van der Waals surface area contributed by atoms with Gasteiger partial charge in [0.05, 0.1) is 17.2 Å². The Hall–Kier alpha value is -1.80. The average Bonchev–Trinajstić information content (AvgIpc) is 2.79. The topological polar surface area (TPSA) is 91.8 Å². The van der Waals surface area contributed by atoms with E-state index in [2.05, 4.69) is 10.3 Å². The summed E-state index contributed by atoms with van der Waals surface area (Å²) in [6.45, 7) is 0.322. The zero-order valence-electron chi connectivity index (χ0n) is 10.5. The van der Waals surface area contributed by atoms with Crippen molar-refractivity contribution in [1.29, 1.82) is 0 Å². The van der Waals surface area contributed by atoms with Gasteiger partial charge in [-0.3, -0.25) is 9.69 Å². The molecule has 7 nitrogen and oxygen atoms in total. The lowest BCUT2D eigenvalue weighted by molar-refractivity contribution is -0.113. The van der Waals surface area contributed by atoms with Crippen LogP contribution in [0.3, 0.4) is 0 Å². The summed E-state index contributed by atoms with van der Waals surface area (Å²) in [6.07, 6.45) is -0.403. The van der Waals surface area contributed by atoms with Crippen LogP contribution in [0.1, 0.15) is 6.42 Å². The van der Waals surface area contributed by atoms with Crippen molar-refractivity contribution in [2.24, 2.45) is 0 Å². The Labute approximate surface area is 119 Å². The molecular formula is C12H13N3O4S. The van der Waals surface area contributed by atoms with E-state index in [-0.39, 0.29) is 18.6 Å². The summed E-state index contributed by atoms with van der Waals surface area (Å²) in [6, 6.07) is 3.56. The molecule has 0 radical (unpaired) electrons. The minimum Gasteiger partial charge on any atom is -0.444 e. The number of hydrogen-bond acceptors (Lipinski definition) is 6. The van der Waals surface area contributed by atoms with Crippen LogP contribution in [-0.4, -0.2) is 47.1 Å². The monoisotopic (exact) mass is 295 g/mol. The predicted octanol–water partition coefficient (Wildman–Crippen LogP) is 0.833. The van der Waals surface area contributed by atoms with Crippen LogP contribution >= 0.6 is 11.8 Å². The number of aliphatic hydroxyl groups excluding tert-OH is 1. The Kier molecular flexibility index (Phi) is 3.49. The third-order valence-electron chi connectivity index (χ3n) is 3.06. The van der Waals surface area contributed by atoms with E-state index in [1.807, 2.05) is 6.07 Å². The quantitative estimate of drug-likeness (QED) is 0.858. The number of cyclic esters (lactones) is 1. The Bertz CT molecular complexity index is 566. The molecule has 1 fully saturated rings. The van der Waals surface area contributed by atoms with E-state index in [1.165, 1.54) is 16.7 Å². The van der Waals surface area contributed by atoms with Crippen molar-refractivity contribution < 1.29 is 19.4 Å². The number of aromatic nitrogens is 1. The van der Waals surface area contributed by atoms with Crippen molar-refractivity contribution in [2.45, 2.75) is 17.4 Å². The number of anilines is 2. The van der Waals surface area contributed by atoms with Gasteiger partial charge in [0.1, 0.15) is 17.7 Å². The van der Waals surface area contributed by atoms with E-state index < -0.39 is 6.09 Å². The first-order valence-electron chi connectivity index (χ1n) is 6.20. The number of ether oxygens (including phenoxy) is 1. The summed E-state index contributed by atoms with van der Waals surface area (Å²) >= 11 is 1.42. The summed E-state index contributed by atoms with van der Waals surface area (Å²) in [4.78, 5) is 29.7. The second-order valence-corrected chi connectivity index (χ2v) is 5.50. The summed E-state index contributed by atoms with van der Waals surface area (Å²) < 4.78 is 5.13. The van der Waals surface area contributed by atoms with Gasteiger partial charge in [-0.2, -0.15) is 0 Å². The Morgan fingerprint density at radius 1 is 1.50 bits per heavy atom. The number of pyridine rings is 1. The van der Waals surface area contributed by atoms with Crippen LogP contribution < -0.4 is 10.2 Å². The van der Waals surface area contributed by atoms with Gasteiger partial charge < -0.3 is 15.2 Å². The molecule has 8 heteroatoms. The lowest BCUT2D eigenvalue weighted by atomic mass is 10.2. The molecule has 1 aromatic rings. The Morgan fingerprint density at radius 2 is 2.35 bits per heavy atom. The molecule has 0 saturated carbocycles. The van der Waals surface area contributed by atoms with Gasteiger partial charge in [0.25, 0.3) is 0 Å². The molecule has 1 saturated heterocycles. The van der Waals surface area contributed by atoms with Gasteiger partial charge in [-0.15, -0.1) is 11.8 Å². The average molecular weight is 295 g/mol. The van der Waals surface area contributed by atoms with E-state index in [4.69, 9.17) is 9.84 Å². The van der Waals surface area contributed by atoms with Crippen molar-refractivity contribution in [1.82, 2.24) is 4.98 Å². The Balaban J connectivity index is 1.82. The fourth-order valence-electron chi connectivity index (χ4n) is 2.11. The highest BCUT2D eigenvalue weighted by Gasteiger charge is 2.33. The maximum atomic E-state index is 11.8. The SMILES string of the molecule is O=C1CSc2ccc(N3C[C@H](CCO)OC3=O)nc2N1. The molecule has 1 atom stereocenters. The highest BCUT2D eigenvalue weighted by atomic mass is 32.2. The van der Waals surface area contributed by atoms with Crippen LogP contribution in [-0.2, 0) is 9.53 Å². The zero-order valence-corrected chi connectivity index (χ0v) is 11.4. The molecule has 0 aromatic carbocycles. The van der Waals surface area contributed by atoms with Gasteiger partial charge >= 0.3 is 6.09 Å². The fourth-order valence-corrected chi connectivity index (χ4v) is 2.86. The molecule has 20 heavy (non-hydrogen) atoms. The van der Waals surface area contributed by atoms with Crippen molar-refractivity contribution in [3.05, 3.63) is 12.1 Å². The molecule has 2 aliphatic rings. The normalized spacial score (nSPS) is 21.4. The van der Waals surface area contributed by atoms with Gasteiger partial charge in [0, 0.05) is 13.0 Å². The number of nitrogens with one attached hydrogen (secondary N) is 1. The molecule has 106 valence electrons.